The maximum atomic E-state index is 5.71. The number of benzene rings is 1. The Hall–Kier alpha value is -2.03. The second-order valence-corrected chi connectivity index (χ2v) is 3.76. The summed E-state index contributed by atoms with van der Waals surface area (Å²) in [5, 5.41) is 0. The minimum atomic E-state index is 0.445. The highest BCUT2D eigenvalue weighted by Crippen LogP contribution is 2.28. The van der Waals surface area contributed by atoms with Crippen molar-refractivity contribution < 1.29 is 9.47 Å². The molecule has 0 aliphatic rings. The Morgan fingerprint density at radius 2 is 2.00 bits per heavy atom. The van der Waals surface area contributed by atoms with Crippen molar-refractivity contribution in [3.05, 3.63) is 53.9 Å². The van der Waals surface area contributed by atoms with E-state index in [9.17, 15) is 0 Å². The van der Waals surface area contributed by atoms with E-state index < -0.39 is 0 Å². The van der Waals surface area contributed by atoms with E-state index in [2.05, 4.69) is 4.98 Å². The van der Waals surface area contributed by atoms with Gasteiger partial charge in [0.15, 0.2) is 11.5 Å². The first-order valence-corrected chi connectivity index (χ1v) is 5.47. The Morgan fingerprint density at radius 1 is 1.12 bits per heavy atom. The van der Waals surface area contributed by atoms with Crippen LogP contribution in [0.15, 0.2) is 42.6 Å². The minimum absolute atomic E-state index is 0.445. The van der Waals surface area contributed by atoms with Gasteiger partial charge in [-0.25, -0.2) is 0 Å². The van der Waals surface area contributed by atoms with E-state index in [1.54, 1.807) is 13.3 Å². The second kappa shape index (κ2) is 5.34. The molecule has 1 heterocycles. The predicted octanol–water partition coefficient (Wildman–Crippen LogP) is 2.98. The second-order valence-electron chi connectivity index (χ2n) is 3.76. The Bertz CT molecular complexity index is 483. The number of hydrogen-bond donors (Lipinski definition) is 0. The van der Waals surface area contributed by atoms with E-state index in [1.165, 1.54) is 0 Å². The molecule has 0 amide bonds. The number of pyridine rings is 1. The fourth-order valence-electron chi connectivity index (χ4n) is 1.53. The zero-order valence-corrected chi connectivity index (χ0v) is 10.0. The molecule has 0 fully saturated rings. The number of rotatable bonds is 4. The number of nitrogens with zero attached hydrogens (tertiary/aromatic N) is 1. The van der Waals surface area contributed by atoms with Gasteiger partial charge < -0.3 is 9.47 Å². The van der Waals surface area contributed by atoms with Gasteiger partial charge in [-0.3, -0.25) is 4.98 Å². The Morgan fingerprint density at radius 3 is 2.71 bits per heavy atom. The van der Waals surface area contributed by atoms with Crippen LogP contribution in [0.3, 0.4) is 0 Å². The first-order valence-electron chi connectivity index (χ1n) is 5.47. The highest BCUT2D eigenvalue weighted by atomic mass is 16.5. The van der Waals surface area contributed by atoms with Crippen molar-refractivity contribution in [3.8, 4) is 11.5 Å². The van der Waals surface area contributed by atoms with Gasteiger partial charge in [-0.2, -0.15) is 0 Å². The molecule has 0 unspecified atom stereocenters. The van der Waals surface area contributed by atoms with Gasteiger partial charge in [0.25, 0.3) is 0 Å². The van der Waals surface area contributed by atoms with Crippen molar-refractivity contribution in [1.82, 2.24) is 4.98 Å². The average Bonchev–Trinajstić information content (AvgIpc) is 2.38. The third kappa shape index (κ3) is 2.97. The number of methoxy groups -OCH3 is 1. The van der Waals surface area contributed by atoms with E-state index in [0.29, 0.717) is 6.61 Å². The zero-order chi connectivity index (χ0) is 12.1. The van der Waals surface area contributed by atoms with Crippen LogP contribution in [0.4, 0.5) is 0 Å². The SMILES string of the molecule is COc1ccc(C)cc1OCc1ccccn1. The Labute approximate surface area is 101 Å². The maximum absolute atomic E-state index is 5.71. The van der Waals surface area contributed by atoms with Gasteiger partial charge in [0.05, 0.1) is 12.8 Å². The summed E-state index contributed by atoms with van der Waals surface area (Å²) in [6, 6.07) is 11.6. The van der Waals surface area contributed by atoms with Gasteiger partial charge in [-0.1, -0.05) is 12.1 Å². The monoisotopic (exact) mass is 229 g/mol. The van der Waals surface area contributed by atoms with Gasteiger partial charge in [0, 0.05) is 6.20 Å². The smallest absolute Gasteiger partial charge is 0.162 e. The van der Waals surface area contributed by atoms with E-state index in [4.69, 9.17) is 9.47 Å². The summed E-state index contributed by atoms with van der Waals surface area (Å²) in [6.45, 7) is 2.47. The van der Waals surface area contributed by atoms with Gasteiger partial charge in [-0.15, -0.1) is 0 Å². The Kier molecular flexibility index (Phi) is 3.60. The summed E-state index contributed by atoms with van der Waals surface area (Å²) in [7, 11) is 1.64. The van der Waals surface area contributed by atoms with Crippen molar-refractivity contribution in [2.45, 2.75) is 13.5 Å². The maximum Gasteiger partial charge on any atom is 0.162 e. The molecule has 3 heteroatoms. The predicted molar refractivity (Wildman–Crippen MR) is 66.3 cm³/mol. The summed E-state index contributed by atoms with van der Waals surface area (Å²) in [4.78, 5) is 4.21. The van der Waals surface area contributed by atoms with Crippen molar-refractivity contribution in [2.24, 2.45) is 0 Å². The van der Waals surface area contributed by atoms with Gasteiger partial charge in [0.2, 0.25) is 0 Å². The third-order valence-corrected chi connectivity index (χ3v) is 2.42. The zero-order valence-electron chi connectivity index (χ0n) is 10.0. The fourth-order valence-corrected chi connectivity index (χ4v) is 1.53. The molecule has 3 nitrogen and oxygen atoms in total. The molecule has 1 aromatic heterocycles. The molecular formula is C14H15NO2. The molecule has 0 radical (unpaired) electrons. The molecule has 2 aromatic rings. The number of ether oxygens (including phenoxy) is 2. The minimum Gasteiger partial charge on any atom is -0.493 e. The van der Waals surface area contributed by atoms with Crippen molar-refractivity contribution in [3.63, 3.8) is 0 Å². The highest BCUT2D eigenvalue weighted by Gasteiger charge is 2.04. The van der Waals surface area contributed by atoms with E-state index in [1.807, 2.05) is 43.3 Å². The summed E-state index contributed by atoms with van der Waals surface area (Å²) < 4.78 is 11.0. The van der Waals surface area contributed by atoms with Gasteiger partial charge in [-0.05, 0) is 36.8 Å². The first-order chi connectivity index (χ1) is 8.29. The van der Waals surface area contributed by atoms with E-state index in [0.717, 1.165) is 22.8 Å². The standard InChI is InChI=1S/C14H15NO2/c1-11-6-7-13(16-2)14(9-11)17-10-12-5-3-4-8-15-12/h3-9H,10H2,1-2H3. The van der Waals surface area contributed by atoms with Crippen LogP contribution in [0, 0.1) is 6.92 Å². The largest absolute Gasteiger partial charge is 0.493 e. The summed E-state index contributed by atoms with van der Waals surface area (Å²) in [5.74, 6) is 1.49. The van der Waals surface area contributed by atoms with Crippen LogP contribution >= 0.6 is 0 Å². The lowest BCUT2D eigenvalue weighted by Gasteiger charge is -2.10. The molecule has 0 aliphatic carbocycles. The molecule has 0 aliphatic heterocycles. The molecule has 2 rings (SSSR count). The van der Waals surface area contributed by atoms with Crippen LogP contribution in [-0.4, -0.2) is 12.1 Å². The lowest BCUT2D eigenvalue weighted by atomic mass is 10.2. The molecule has 17 heavy (non-hydrogen) atoms. The quantitative estimate of drug-likeness (QED) is 0.807. The highest BCUT2D eigenvalue weighted by molar-refractivity contribution is 5.42. The summed E-state index contributed by atoms with van der Waals surface area (Å²) in [6.07, 6.45) is 1.76. The normalized spacial score (nSPS) is 10.0. The van der Waals surface area contributed by atoms with E-state index in [-0.39, 0.29) is 0 Å². The molecule has 0 spiro atoms. The van der Waals surface area contributed by atoms with Crippen molar-refractivity contribution in [1.29, 1.82) is 0 Å². The molecule has 88 valence electrons. The van der Waals surface area contributed by atoms with Crippen LogP contribution in [-0.2, 0) is 6.61 Å². The lowest BCUT2D eigenvalue weighted by molar-refractivity contribution is 0.280. The van der Waals surface area contributed by atoms with Gasteiger partial charge in [0.1, 0.15) is 6.61 Å². The van der Waals surface area contributed by atoms with Crippen LogP contribution < -0.4 is 9.47 Å². The van der Waals surface area contributed by atoms with Crippen LogP contribution in [0.1, 0.15) is 11.3 Å². The first kappa shape index (κ1) is 11.5. The fraction of sp³-hybridized carbons (Fsp3) is 0.214. The molecule has 0 saturated heterocycles. The van der Waals surface area contributed by atoms with Gasteiger partial charge >= 0.3 is 0 Å². The van der Waals surface area contributed by atoms with Crippen LogP contribution in [0.5, 0.6) is 11.5 Å². The summed E-state index contributed by atoms with van der Waals surface area (Å²) >= 11 is 0. The Balaban J connectivity index is 2.11. The molecule has 0 saturated carbocycles. The van der Waals surface area contributed by atoms with Crippen molar-refractivity contribution >= 4 is 0 Å². The molecular weight excluding hydrogens is 214 g/mol. The topological polar surface area (TPSA) is 31.4 Å². The lowest BCUT2D eigenvalue weighted by Crippen LogP contribution is -1.99. The molecule has 1 aromatic carbocycles. The van der Waals surface area contributed by atoms with Crippen LogP contribution in [0.25, 0.3) is 0 Å². The molecule has 0 N–H and O–H groups in total. The average molecular weight is 229 g/mol. The van der Waals surface area contributed by atoms with E-state index >= 15 is 0 Å². The summed E-state index contributed by atoms with van der Waals surface area (Å²) in [5.41, 5.74) is 2.04. The number of aryl methyl sites for hydroxylation is 1. The molecule has 0 bridgehead atoms. The van der Waals surface area contributed by atoms with Crippen molar-refractivity contribution in [2.75, 3.05) is 7.11 Å². The number of aromatic nitrogens is 1. The third-order valence-electron chi connectivity index (χ3n) is 2.42. The van der Waals surface area contributed by atoms with Crippen LogP contribution in [0.2, 0.25) is 0 Å². The number of hydrogen-bond acceptors (Lipinski definition) is 3. The molecule has 0 atom stereocenters.